The van der Waals surface area contributed by atoms with Crippen molar-refractivity contribution in [1.82, 2.24) is 25.4 Å². The molecule has 1 fully saturated rings. The van der Waals surface area contributed by atoms with Gasteiger partial charge >= 0.3 is 5.97 Å². The number of thioether (sulfide) groups is 1. The maximum atomic E-state index is 15.7. The number of nitrogens with zero attached hydrogens (tertiary/aromatic N) is 5. The number of carbonyl (C=O) groups is 3. The fourth-order valence-electron chi connectivity index (χ4n) is 10.9. The van der Waals surface area contributed by atoms with Crippen LogP contribution in [0.2, 0.25) is 4.34 Å². The third kappa shape index (κ3) is 10.9. The Morgan fingerprint density at radius 3 is 1.53 bits per heavy atom. The number of oxime groups is 1. The van der Waals surface area contributed by atoms with Crippen LogP contribution in [0.5, 0.6) is 0 Å². The van der Waals surface area contributed by atoms with E-state index in [1.165, 1.54) is 28.0 Å². The highest BCUT2D eigenvalue weighted by molar-refractivity contribution is 8.04. The average molecular weight is 1170 g/mol. The molecule has 83 heavy (non-hydrogen) atoms. The molecule has 2 aliphatic rings. The number of thiazole rings is 1. The molecule has 0 saturated carbocycles. The predicted molar refractivity (Wildman–Crippen MR) is 327 cm³/mol. The van der Waals surface area contributed by atoms with Crippen molar-refractivity contribution in [2.75, 3.05) is 5.32 Å². The van der Waals surface area contributed by atoms with Crippen LogP contribution in [0.4, 0.5) is 5.13 Å². The summed E-state index contributed by atoms with van der Waals surface area (Å²) in [7, 11) is 0. The van der Waals surface area contributed by atoms with E-state index in [1.54, 1.807) is 0 Å². The average Bonchev–Trinajstić information content (AvgIpc) is 2.49. The van der Waals surface area contributed by atoms with Gasteiger partial charge in [0.2, 0.25) is 5.60 Å². The van der Waals surface area contributed by atoms with Crippen molar-refractivity contribution in [3.05, 3.63) is 313 Å². The zero-order valence-electron chi connectivity index (χ0n) is 44.6. The van der Waals surface area contributed by atoms with Crippen molar-refractivity contribution in [2.45, 2.75) is 53.4 Å². The molecule has 2 unspecified atom stereocenters. The Balaban J connectivity index is 0.951. The summed E-state index contributed by atoms with van der Waals surface area (Å²) in [5.74, 6) is -2.00. The van der Waals surface area contributed by atoms with E-state index in [0.29, 0.717) is 27.2 Å². The molecule has 4 heterocycles. The Morgan fingerprint density at radius 1 is 0.639 bits per heavy atom. The minimum absolute atomic E-state index is 0.0122. The van der Waals surface area contributed by atoms with Crippen molar-refractivity contribution in [3.8, 4) is 0 Å². The summed E-state index contributed by atoms with van der Waals surface area (Å²) in [6.45, 7) is 1.86. The highest BCUT2D eigenvalue weighted by Gasteiger charge is 2.55. The van der Waals surface area contributed by atoms with E-state index in [2.05, 4.69) is 57.2 Å². The molecule has 2 atom stereocenters. The van der Waals surface area contributed by atoms with E-state index < -0.39 is 47.1 Å². The first kappa shape index (κ1) is 54.6. The maximum absolute atomic E-state index is 15.7. The minimum Gasteiger partial charge on any atom is -0.448 e. The number of allylic oxidation sites excluding steroid dienone is 1. The number of aromatic nitrogens is 3. The third-order valence-corrected chi connectivity index (χ3v) is 18.0. The molecule has 2 N–H and O–H groups in total. The van der Waals surface area contributed by atoms with Gasteiger partial charge in [-0.1, -0.05) is 294 Å². The summed E-state index contributed by atoms with van der Waals surface area (Å²) in [5.41, 5.74) is 3.83. The number of fused-ring (bicyclic) bond motifs is 1. The molecule has 0 radical (unpaired) electrons. The molecule has 0 bridgehead atoms. The van der Waals surface area contributed by atoms with Crippen LogP contribution in [0.1, 0.15) is 74.2 Å². The summed E-state index contributed by atoms with van der Waals surface area (Å²) in [5, 5.41) is 21.4. The van der Waals surface area contributed by atoms with Crippen LogP contribution in [0.15, 0.2) is 263 Å². The molecule has 16 heteroatoms. The smallest absolute Gasteiger partial charge is 0.356 e. The number of benzene rings is 8. The third-order valence-electron chi connectivity index (χ3n) is 14.8. The number of ether oxygens (including phenoxy) is 1. The van der Waals surface area contributed by atoms with Crippen LogP contribution < -0.4 is 10.6 Å². The maximum Gasteiger partial charge on any atom is 0.356 e. The number of esters is 1. The summed E-state index contributed by atoms with van der Waals surface area (Å²) >= 11 is 11.2. The Bertz CT molecular complexity index is 3720. The summed E-state index contributed by atoms with van der Waals surface area (Å²) in [6.07, 6.45) is -0.0384. The van der Waals surface area contributed by atoms with Gasteiger partial charge in [0.05, 0.1) is 6.04 Å². The molecule has 2 amide bonds. The number of hydrogen-bond donors (Lipinski definition) is 2. The molecule has 8 aromatic carbocycles. The van der Waals surface area contributed by atoms with Crippen molar-refractivity contribution >= 4 is 74.7 Å². The second-order valence-corrected chi connectivity index (χ2v) is 23.9. The lowest BCUT2D eigenvalue weighted by Crippen LogP contribution is -2.72. The lowest BCUT2D eigenvalue weighted by atomic mass is 9.77. The molecule has 2 aliphatic heterocycles. The second kappa shape index (κ2) is 24.2. The number of carbonyl (C=O) groups excluding carboxylic acids is 3. The van der Waals surface area contributed by atoms with Crippen molar-refractivity contribution in [1.29, 1.82) is 0 Å². The first-order chi connectivity index (χ1) is 40.7. The van der Waals surface area contributed by atoms with Gasteiger partial charge in [-0.15, -0.1) is 10.2 Å². The summed E-state index contributed by atoms with van der Waals surface area (Å²) in [4.78, 5) is 59.9. The zero-order chi connectivity index (χ0) is 56.8. The van der Waals surface area contributed by atoms with Gasteiger partial charge in [-0.3, -0.25) is 14.5 Å². The number of aryl methyl sites for hydroxylation is 1. The Hall–Kier alpha value is -8.99. The second-order valence-electron chi connectivity index (χ2n) is 19.8. The number of anilines is 1. The lowest BCUT2D eigenvalue weighted by Gasteiger charge is -2.50. The van der Waals surface area contributed by atoms with Gasteiger partial charge in [0.25, 0.3) is 11.8 Å². The summed E-state index contributed by atoms with van der Waals surface area (Å²) < 4.78 is 7.21. The molecule has 410 valence electrons. The normalized spacial score (nSPS) is 15.3. The van der Waals surface area contributed by atoms with E-state index in [0.717, 1.165) is 60.9 Å². The quantitative estimate of drug-likeness (QED) is 0.0264. The van der Waals surface area contributed by atoms with Gasteiger partial charge in [0, 0.05) is 21.6 Å². The van der Waals surface area contributed by atoms with Crippen LogP contribution >= 0.6 is 46.0 Å². The van der Waals surface area contributed by atoms with E-state index >= 15 is 9.59 Å². The van der Waals surface area contributed by atoms with Crippen molar-refractivity contribution in [2.24, 2.45) is 5.16 Å². The fourth-order valence-corrected chi connectivity index (χ4v) is 14.1. The minimum atomic E-state index is -1.43. The first-order valence-electron chi connectivity index (χ1n) is 26.9. The topological polar surface area (TPSA) is 148 Å². The molecule has 10 aromatic rings. The van der Waals surface area contributed by atoms with Gasteiger partial charge in [-0.25, -0.2) is 9.78 Å². The summed E-state index contributed by atoms with van der Waals surface area (Å²) in [6, 6.07) is 76.3. The highest BCUT2D eigenvalue weighted by Crippen LogP contribution is 2.47. The number of rotatable bonds is 19. The van der Waals surface area contributed by atoms with Crippen LogP contribution in [0.3, 0.4) is 0 Å². The van der Waals surface area contributed by atoms with Gasteiger partial charge in [-0.2, -0.15) is 0 Å². The Morgan fingerprint density at radius 2 is 1.08 bits per heavy atom. The van der Waals surface area contributed by atoms with Crippen molar-refractivity contribution < 1.29 is 24.0 Å². The number of β-lactam (4-membered cyclic amide) rings is 1. The monoisotopic (exact) mass is 1170 g/mol. The van der Waals surface area contributed by atoms with Gasteiger partial charge in [-0.05, 0) is 47.6 Å². The Labute approximate surface area is 497 Å². The standard InChI is InChI=1S/C67H52ClN7O5S3/c1-44-72-73-65(81-44)82-54-43-42-53-55(62(77)75(53)58(54)63(78)79-59(45-26-10-2-11-27-45)46-28-12-3-13-29-46)69-61(76)57(74-80-67(50-36-20-7-21-37-50,51-38-22-8-23-39-51)52-40-24-9-25-41-52)56-60(68)83-64(70-56)71-66(47-30-14-4-15-31-47,48-32-16-5-17-33-48)49-34-18-6-19-35-49/h2-41,53,55,59H,42-43H2,1H3,(H,69,76)(H,70,71)/b74-57-. The molecule has 12 nitrogen and oxygen atoms in total. The Kier molecular flexibility index (Phi) is 15.9. The van der Waals surface area contributed by atoms with Gasteiger partial charge in [0.15, 0.2) is 21.3 Å². The molecule has 1 saturated heterocycles. The fraction of sp³-hybridized carbons (Fsp3) is 0.119. The largest absolute Gasteiger partial charge is 0.448 e. The number of halogens is 1. The highest BCUT2D eigenvalue weighted by atomic mass is 35.5. The molecule has 12 rings (SSSR count). The van der Waals surface area contributed by atoms with Gasteiger partial charge < -0.3 is 20.2 Å². The van der Waals surface area contributed by atoms with Gasteiger partial charge in [0.1, 0.15) is 32.3 Å². The van der Waals surface area contributed by atoms with Crippen LogP contribution in [-0.4, -0.2) is 55.7 Å². The van der Waals surface area contributed by atoms with Crippen LogP contribution in [0, 0.1) is 6.92 Å². The molecule has 0 aliphatic carbocycles. The predicted octanol–water partition coefficient (Wildman–Crippen LogP) is 13.9. The van der Waals surface area contributed by atoms with E-state index in [-0.39, 0.29) is 21.4 Å². The van der Waals surface area contributed by atoms with E-state index in [4.69, 9.17) is 31.3 Å². The SMILES string of the molecule is Cc1nnc(SC2=C(C(=O)OC(c3ccccc3)c3ccccc3)N3C(=O)C(NC(=O)/C(=N\OC(c4ccccc4)(c4ccccc4)c4ccccc4)c4nc(NC(c5ccccc5)(c5ccccc5)c5ccccc5)sc4Cl)C3CC2)s1. The van der Waals surface area contributed by atoms with Crippen molar-refractivity contribution in [3.63, 3.8) is 0 Å². The number of amides is 2. The zero-order valence-corrected chi connectivity index (χ0v) is 47.8. The van der Waals surface area contributed by atoms with E-state index in [1.807, 2.05) is 213 Å². The van der Waals surface area contributed by atoms with Crippen LogP contribution in [0.25, 0.3) is 0 Å². The molecule has 0 spiro atoms. The number of nitrogens with one attached hydrogen (secondary N) is 2. The molecular weight excluding hydrogens is 1110 g/mol. The molecular formula is C67H52ClN7O5S3. The van der Waals surface area contributed by atoms with Crippen LogP contribution in [-0.2, 0) is 35.1 Å². The first-order valence-corrected chi connectivity index (χ1v) is 29.7. The molecule has 2 aromatic heterocycles. The lowest BCUT2D eigenvalue weighted by molar-refractivity contribution is -0.158. The van der Waals surface area contributed by atoms with E-state index in [9.17, 15) is 4.79 Å². The number of hydrogen-bond acceptors (Lipinski definition) is 13.